The minimum Gasteiger partial charge on any atom is -0.444 e. The second kappa shape index (κ2) is 12.7. The molecule has 0 spiro atoms. The van der Waals surface area contributed by atoms with E-state index in [-0.39, 0.29) is 24.1 Å². The second-order valence-corrected chi connectivity index (χ2v) is 11.7. The predicted octanol–water partition coefficient (Wildman–Crippen LogP) is 6.63. The fourth-order valence-electron chi connectivity index (χ4n) is 5.38. The molecule has 0 saturated carbocycles. The summed E-state index contributed by atoms with van der Waals surface area (Å²) < 4.78 is 11.3. The largest absolute Gasteiger partial charge is 0.444 e. The lowest BCUT2D eigenvalue weighted by Gasteiger charge is -2.37. The summed E-state index contributed by atoms with van der Waals surface area (Å²) >= 11 is 0. The van der Waals surface area contributed by atoms with Crippen LogP contribution >= 0.6 is 0 Å². The number of aliphatic imine (C=N–C) groups is 1. The van der Waals surface area contributed by atoms with Gasteiger partial charge in [0.25, 0.3) is 0 Å². The standard InChI is InChI=1S/C33H42N2O4/c1-23(26-9-7-6-8-10-26)11-12-24(2)29-20-27(22-36)34-31-14-13-25(19-30(29)31)21-35(28-15-17-38-18-16-28)32(37)39-33(3,4)5/h6-7,9,11-14,19-20,22,28,30-31H,8,10,15-18,21H2,1-5H3/b23-11+,24-12+/t30?,31-/m1/s1. The highest BCUT2D eigenvalue weighted by Crippen LogP contribution is 2.35. The average molecular weight is 531 g/mol. The van der Waals surface area contributed by atoms with E-state index in [4.69, 9.17) is 9.47 Å². The molecule has 0 aromatic rings. The van der Waals surface area contributed by atoms with E-state index in [1.807, 2.05) is 37.8 Å². The van der Waals surface area contributed by atoms with Crippen LogP contribution in [-0.4, -0.2) is 60.4 Å². The molecule has 39 heavy (non-hydrogen) atoms. The Bertz CT molecular complexity index is 1200. The van der Waals surface area contributed by atoms with E-state index in [0.717, 1.165) is 48.7 Å². The lowest BCUT2D eigenvalue weighted by Crippen LogP contribution is -2.46. The Labute approximate surface area is 233 Å². The molecule has 4 rings (SSSR count). The van der Waals surface area contributed by atoms with Crippen LogP contribution in [0.1, 0.15) is 60.3 Å². The highest BCUT2D eigenvalue weighted by Gasteiger charge is 2.33. The molecule has 0 N–H and O–H groups in total. The van der Waals surface area contributed by atoms with Gasteiger partial charge in [0.05, 0.1) is 11.8 Å². The zero-order valence-electron chi connectivity index (χ0n) is 24.0. The van der Waals surface area contributed by atoms with Crippen molar-refractivity contribution in [3.8, 4) is 0 Å². The van der Waals surface area contributed by atoms with Gasteiger partial charge in [0.15, 0.2) is 6.29 Å². The Morgan fingerprint density at radius 3 is 2.59 bits per heavy atom. The number of allylic oxidation sites excluding steroid dienone is 9. The molecule has 1 unspecified atom stereocenters. The van der Waals surface area contributed by atoms with E-state index in [9.17, 15) is 9.59 Å². The van der Waals surface area contributed by atoms with E-state index in [1.165, 1.54) is 11.1 Å². The van der Waals surface area contributed by atoms with Gasteiger partial charge in [-0.3, -0.25) is 9.79 Å². The van der Waals surface area contributed by atoms with E-state index in [2.05, 4.69) is 61.4 Å². The van der Waals surface area contributed by atoms with Crippen LogP contribution in [0.4, 0.5) is 4.79 Å². The summed E-state index contributed by atoms with van der Waals surface area (Å²) in [7, 11) is 0. The number of amides is 1. The molecule has 208 valence electrons. The zero-order valence-corrected chi connectivity index (χ0v) is 24.0. The van der Waals surface area contributed by atoms with Crippen LogP contribution in [0.2, 0.25) is 0 Å². The molecule has 4 aliphatic rings. The quantitative estimate of drug-likeness (QED) is 0.274. The zero-order chi connectivity index (χ0) is 28.0. The van der Waals surface area contributed by atoms with Crippen LogP contribution in [0.25, 0.3) is 0 Å². The minimum absolute atomic E-state index is 0.00865. The highest BCUT2D eigenvalue weighted by atomic mass is 16.6. The van der Waals surface area contributed by atoms with E-state index >= 15 is 0 Å². The molecule has 0 radical (unpaired) electrons. The maximum atomic E-state index is 13.3. The first-order chi connectivity index (χ1) is 18.6. The van der Waals surface area contributed by atoms with Gasteiger partial charge in [0.1, 0.15) is 5.60 Å². The molecule has 1 saturated heterocycles. The predicted molar refractivity (Wildman–Crippen MR) is 157 cm³/mol. The monoisotopic (exact) mass is 530 g/mol. The molecular formula is C33H42N2O4. The van der Waals surface area contributed by atoms with Crippen molar-refractivity contribution >= 4 is 18.1 Å². The fraction of sp³-hybridized carbons (Fsp3) is 0.485. The molecule has 2 aliphatic heterocycles. The van der Waals surface area contributed by atoms with Crippen molar-refractivity contribution in [2.24, 2.45) is 10.9 Å². The molecule has 0 bridgehead atoms. The van der Waals surface area contributed by atoms with Crippen molar-refractivity contribution in [2.75, 3.05) is 19.8 Å². The number of rotatable bonds is 7. The molecule has 1 amide bonds. The van der Waals surface area contributed by atoms with E-state index in [0.29, 0.717) is 25.5 Å². The van der Waals surface area contributed by atoms with E-state index < -0.39 is 5.60 Å². The average Bonchev–Trinajstić information content (AvgIpc) is 2.93. The van der Waals surface area contributed by atoms with Gasteiger partial charge in [-0.25, -0.2) is 4.79 Å². The number of dihydropyridines is 1. The van der Waals surface area contributed by atoms with Gasteiger partial charge in [0.2, 0.25) is 0 Å². The summed E-state index contributed by atoms with van der Waals surface area (Å²) in [5.41, 5.74) is 5.71. The van der Waals surface area contributed by atoms with Crippen LogP contribution in [0.3, 0.4) is 0 Å². The molecule has 1 fully saturated rings. The summed E-state index contributed by atoms with van der Waals surface area (Å²) in [4.78, 5) is 31.5. The van der Waals surface area contributed by atoms with Crippen LogP contribution in [0.15, 0.2) is 87.5 Å². The Hall–Kier alpha value is -3.25. The molecular weight excluding hydrogens is 488 g/mol. The smallest absolute Gasteiger partial charge is 0.410 e. The van der Waals surface area contributed by atoms with Crippen molar-refractivity contribution in [3.63, 3.8) is 0 Å². The first-order valence-corrected chi connectivity index (χ1v) is 14.1. The summed E-state index contributed by atoms with van der Waals surface area (Å²) in [5.74, 6) is -0.00865. The Morgan fingerprint density at radius 2 is 1.92 bits per heavy atom. The molecule has 0 aromatic heterocycles. The number of ether oxygens (including phenoxy) is 2. The number of carbonyl (C=O) groups is 2. The lowest BCUT2D eigenvalue weighted by atomic mass is 9.80. The van der Waals surface area contributed by atoms with Crippen molar-refractivity contribution < 1.29 is 19.1 Å². The minimum atomic E-state index is -0.570. The summed E-state index contributed by atoms with van der Waals surface area (Å²) in [6.45, 7) is 11.7. The molecule has 0 aromatic carbocycles. The van der Waals surface area contributed by atoms with Gasteiger partial charge in [-0.2, -0.15) is 0 Å². The molecule has 6 nitrogen and oxygen atoms in total. The molecule has 2 heterocycles. The first kappa shape index (κ1) is 28.8. The highest BCUT2D eigenvalue weighted by molar-refractivity contribution is 6.34. The van der Waals surface area contributed by atoms with Crippen molar-refractivity contribution in [1.29, 1.82) is 0 Å². The Kier molecular flexibility index (Phi) is 9.39. The van der Waals surface area contributed by atoms with Gasteiger partial charge in [-0.05, 0) is 94.2 Å². The SMILES string of the molecule is C/C(=C\C=C(/C)C1=CC(C=O)=N[C@@H]2C=CC(CN(C(=O)OC(C)(C)C)C3CCOCC3)=CC12)C1=CC=CCC1. The van der Waals surface area contributed by atoms with Gasteiger partial charge in [0, 0.05) is 31.7 Å². The van der Waals surface area contributed by atoms with Crippen LogP contribution < -0.4 is 0 Å². The topological polar surface area (TPSA) is 68.2 Å². The van der Waals surface area contributed by atoms with Crippen LogP contribution in [-0.2, 0) is 14.3 Å². The van der Waals surface area contributed by atoms with Crippen molar-refractivity contribution in [2.45, 2.75) is 78.0 Å². The Balaban J connectivity index is 1.59. The third-order valence-electron chi connectivity index (χ3n) is 7.52. The van der Waals surface area contributed by atoms with Gasteiger partial charge >= 0.3 is 6.09 Å². The molecule has 6 heteroatoms. The Morgan fingerprint density at radius 1 is 1.18 bits per heavy atom. The number of fused-ring (bicyclic) bond motifs is 1. The summed E-state index contributed by atoms with van der Waals surface area (Å²) in [6.07, 6.45) is 23.3. The maximum Gasteiger partial charge on any atom is 0.410 e. The number of nitrogens with zero attached hydrogens (tertiary/aromatic N) is 2. The third kappa shape index (κ3) is 7.66. The number of carbonyl (C=O) groups excluding carboxylic acids is 2. The van der Waals surface area contributed by atoms with Crippen LogP contribution in [0, 0.1) is 5.92 Å². The van der Waals surface area contributed by atoms with Crippen molar-refractivity contribution in [3.05, 3.63) is 82.5 Å². The number of aldehydes is 1. The normalized spacial score (nSPS) is 24.2. The second-order valence-electron chi connectivity index (χ2n) is 11.7. The maximum absolute atomic E-state index is 13.3. The lowest BCUT2D eigenvalue weighted by molar-refractivity contribution is -0.102. The first-order valence-electron chi connectivity index (χ1n) is 14.1. The molecule has 2 atom stereocenters. The fourth-order valence-corrected chi connectivity index (χ4v) is 5.38. The summed E-state index contributed by atoms with van der Waals surface area (Å²) in [6, 6.07) is -0.0769. The number of hydrogen-bond donors (Lipinski definition) is 0. The van der Waals surface area contributed by atoms with Gasteiger partial charge in [-0.1, -0.05) is 48.6 Å². The molecule has 2 aliphatic carbocycles. The van der Waals surface area contributed by atoms with Crippen LogP contribution in [0.5, 0.6) is 0 Å². The third-order valence-corrected chi connectivity index (χ3v) is 7.52. The van der Waals surface area contributed by atoms with Crippen molar-refractivity contribution in [1.82, 2.24) is 4.90 Å². The van der Waals surface area contributed by atoms with E-state index in [1.54, 1.807) is 0 Å². The van der Waals surface area contributed by atoms with Gasteiger partial charge in [-0.15, -0.1) is 0 Å². The summed E-state index contributed by atoms with van der Waals surface area (Å²) in [5, 5.41) is 0. The number of hydrogen-bond acceptors (Lipinski definition) is 5. The van der Waals surface area contributed by atoms with Gasteiger partial charge < -0.3 is 14.4 Å².